The van der Waals surface area contributed by atoms with Crippen LogP contribution in [0.3, 0.4) is 0 Å². The number of amides is 2. The predicted molar refractivity (Wildman–Crippen MR) is 84.6 cm³/mol. The van der Waals surface area contributed by atoms with Crippen LogP contribution in [-0.2, 0) is 4.74 Å². The van der Waals surface area contributed by atoms with Crippen LogP contribution in [0.5, 0.6) is 0 Å². The molecule has 3 atom stereocenters. The van der Waals surface area contributed by atoms with Crippen molar-refractivity contribution < 1.29 is 14.6 Å². The SMILES string of the molecule is CCN(CC(C)(C)O)C(=O)NC1C2CCOC2C12CCCC2. The minimum absolute atomic E-state index is 0.0359. The van der Waals surface area contributed by atoms with Crippen molar-refractivity contribution >= 4 is 6.03 Å². The topological polar surface area (TPSA) is 61.8 Å². The summed E-state index contributed by atoms with van der Waals surface area (Å²) in [6, 6.07) is 0.220. The summed E-state index contributed by atoms with van der Waals surface area (Å²) in [6.07, 6.45) is 6.28. The molecule has 1 spiro atoms. The maximum atomic E-state index is 12.6. The highest BCUT2D eigenvalue weighted by molar-refractivity contribution is 5.75. The molecule has 22 heavy (non-hydrogen) atoms. The van der Waals surface area contributed by atoms with Crippen LogP contribution < -0.4 is 5.32 Å². The molecule has 2 N–H and O–H groups in total. The first-order valence-electron chi connectivity index (χ1n) is 8.77. The van der Waals surface area contributed by atoms with Gasteiger partial charge in [0.1, 0.15) is 0 Å². The van der Waals surface area contributed by atoms with E-state index >= 15 is 0 Å². The van der Waals surface area contributed by atoms with Gasteiger partial charge in [0.05, 0.1) is 18.2 Å². The second-order valence-electron chi connectivity index (χ2n) is 7.94. The minimum atomic E-state index is -0.864. The second-order valence-corrected chi connectivity index (χ2v) is 7.94. The van der Waals surface area contributed by atoms with Gasteiger partial charge in [-0.05, 0) is 40.0 Å². The maximum Gasteiger partial charge on any atom is 0.317 e. The van der Waals surface area contributed by atoms with Crippen LogP contribution in [0.2, 0.25) is 0 Å². The first kappa shape index (κ1) is 16.1. The number of carbonyl (C=O) groups is 1. The first-order chi connectivity index (χ1) is 10.4. The normalized spacial score (nSPS) is 32.6. The van der Waals surface area contributed by atoms with Crippen LogP contribution in [0, 0.1) is 11.3 Å². The standard InChI is InChI=1S/C17H30N2O3/c1-4-19(11-16(2,3)21)15(20)18-13-12-7-10-22-14(12)17(13)8-5-6-9-17/h12-14,21H,4-11H2,1-3H3,(H,18,20). The van der Waals surface area contributed by atoms with Gasteiger partial charge in [-0.3, -0.25) is 0 Å². The van der Waals surface area contributed by atoms with E-state index in [9.17, 15) is 9.90 Å². The zero-order valence-corrected chi connectivity index (χ0v) is 14.1. The van der Waals surface area contributed by atoms with Crippen LogP contribution in [-0.4, -0.2) is 53.5 Å². The van der Waals surface area contributed by atoms with Crippen molar-refractivity contribution in [2.24, 2.45) is 11.3 Å². The number of ether oxygens (including phenoxy) is 1. The van der Waals surface area contributed by atoms with Gasteiger partial charge in [0.25, 0.3) is 0 Å². The summed E-state index contributed by atoms with van der Waals surface area (Å²) in [5.74, 6) is 0.489. The van der Waals surface area contributed by atoms with Gasteiger partial charge in [-0.25, -0.2) is 4.79 Å². The van der Waals surface area contributed by atoms with Crippen LogP contribution in [0.1, 0.15) is 52.9 Å². The molecule has 0 radical (unpaired) electrons. The quantitative estimate of drug-likeness (QED) is 0.836. The van der Waals surface area contributed by atoms with E-state index in [-0.39, 0.29) is 17.5 Å². The van der Waals surface area contributed by atoms with Crippen molar-refractivity contribution in [3.8, 4) is 0 Å². The average Bonchev–Trinajstić information content (AvgIpc) is 3.08. The molecule has 1 saturated heterocycles. The van der Waals surface area contributed by atoms with Crippen molar-refractivity contribution in [2.45, 2.75) is 70.6 Å². The van der Waals surface area contributed by atoms with E-state index in [1.54, 1.807) is 18.7 Å². The molecule has 1 aliphatic heterocycles. The van der Waals surface area contributed by atoms with Gasteiger partial charge >= 0.3 is 6.03 Å². The lowest BCUT2D eigenvalue weighted by atomic mass is 9.54. The molecular formula is C17H30N2O3. The summed E-state index contributed by atoms with van der Waals surface area (Å²) < 4.78 is 5.96. The van der Waals surface area contributed by atoms with E-state index in [0.29, 0.717) is 25.1 Å². The van der Waals surface area contributed by atoms with Crippen LogP contribution in [0.4, 0.5) is 4.79 Å². The molecule has 2 saturated carbocycles. The zero-order valence-electron chi connectivity index (χ0n) is 14.1. The van der Waals surface area contributed by atoms with Crippen molar-refractivity contribution in [2.75, 3.05) is 19.7 Å². The van der Waals surface area contributed by atoms with Gasteiger partial charge in [0.15, 0.2) is 0 Å². The molecule has 3 rings (SSSR count). The van der Waals surface area contributed by atoms with E-state index in [2.05, 4.69) is 5.32 Å². The molecule has 0 aromatic heterocycles. The van der Waals surface area contributed by atoms with Gasteiger partial charge in [-0.15, -0.1) is 0 Å². The Kier molecular flexibility index (Phi) is 4.14. The molecule has 0 aromatic carbocycles. The Balaban J connectivity index is 1.67. The van der Waals surface area contributed by atoms with E-state index in [1.165, 1.54) is 25.7 Å². The first-order valence-corrected chi connectivity index (χ1v) is 8.77. The Hall–Kier alpha value is -0.810. The van der Waals surface area contributed by atoms with Gasteiger partial charge in [0, 0.05) is 30.5 Å². The van der Waals surface area contributed by atoms with E-state index < -0.39 is 5.60 Å². The Labute approximate surface area is 133 Å². The molecule has 2 aliphatic carbocycles. The summed E-state index contributed by atoms with van der Waals surface area (Å²) in [7, 11) is 0. The molecule has 5 heteroatoms. The molecule has 0 bridgehead atoms. The Morgan fingerprint density at radius 1 is 1.41 bits per heavy atom. The summed E-state index contributed by atoms with van der Waals surface area (Å²) in [5, 5.41) is 13.3. The highest BCUT2D eigenvalue weighted by atomic mass is 16.5. The number of nitrogens with one attached hydrogen (secondary N) is 1. The van der Waals surface area contributed by atoms with Crippen molar-refractivity contribution in [3.05, 3.63) is 0 Å². The summed E-state index contributed by atoms with van der Waals surface area (Å²) in [4.78, 5) is 14.4. The van der Waals surface area contributed by atoms with Crippen LogP contribution >= 0.6 is 0 Å². The molecule has 3 unspecified atom stereocenters. The smallest absolute Gasteiger partial charge is 0.317 e. The number of carbonyl (C=O) groups excluding carboxylic acids is 1. The summed E-state index contributed by atoms with van der Waals surface area (Å²) in [5.41, 5.74) is -0.679. The van der Waals surface area contributed by atoms with Crippen molar-refractivity contribution in [1.29, 1.82) is 0 Å². The third-order valence-electron chi connectivity index (χ3n) is 5.81. The Morgan fingerprint density at radius 2 is 2.09 bits per heavy atom. The maximum absolute atomic E-state index is 12.6. The number of rotatable bonds is 4. The third kappa shape index (κ3) is 2.62. The van der Waals surface area contributed by atoms with Crippen molar-refractivity contribution in [1.82, 2.24) is 10.2 Å². The molecule has 1 heterocycles. The molecular weight excluding hydrogens is 280 g/mol. The number of urea groups is 1. The highest BCUT2D eigenvalue weighted by Gasteiger charge is 2.65. The number of aliphatic hydroxyl groups is 1. The third-order valence-corrected chi connectivity index (χ3v) is 5.81. The molecule has 0 aromatic rings. The number of likely N-dealkylation sites (N-methyl/N-ethyl adjacent to an activating group) is 1. The highest BCUT2D eigenvalue weighted by Crippen LogP contribution is 2.60. The molecule has 3 aliphatic rings. The molecule has 126 valence electrons. The van der Waals surface area contributed by atoms with Crippen LogP contribution in [0.15, 0.2) is 0 Å². The lowest BCUT2D eigenvalue weighted by molar-refractivity contribution is -0.127. The monoisotopic (exact) mass is 310 g/mol. The van der Waals surface area contributed by atoms with Gasteiger partial charge in [-0.2, -0.15) is 0 Å². The summed E-state index contributed by atoms with van der Waals surface area (Å²) >= 11 is 0. The lowest BCUT2D eigenvalue weighted by Gasteiger charge is -2.57. The minimum Gasteiger partial charge on any atom is -0.389 e. The van der Waals surface area contributed by atoms with E-state index in [0.717, 1.165) is 13.0 Å². The molecule has 5 nitrogen and oxygen atoms in total. The fourth-order valence-electron chi connectivity index (χ4n) is 4.92. The van der Waals surface area contributed by atoms with Gasteiger partial charge in [-0.1, -0.05) is 12.8 Å². The van der Waals surface area contributed by atoms with Crippen molar-refractivity contribution in [3.63, 3.8) is 0 Å². The number of hydrogen-bond acceptors (Lipinski definition) is 3. The number of hydrogen-bond donors (Lipinski definition) is 2. The largest absolute Gasteiger partial charge is 0.389 e. The fourth-order valence-corrected chi connectivity index (χ4v) is 4.92. The van der Waals surface area contributed by atoms with E-state index in [1.807, 2.05) is 6.92 Å². The van der Waals surface area contributed by atoms with Crippen LogP contribution in [0.25, 0.3) is 0 Å². The Morgan fingerprint density at radius 3 is 2.68 bits per heavy atom. The summed E-state index contributed by atoms with van der Waals surface area (Å²) in [6.45, 7) is 7.25. The Bertz CT molecular complexity index is 426. The predicted octanol–water partition coefficient (Wildman–Crippen LogP) is 2.14. The fraction of sp³-hybridized carbons (Fsp3) is 0.941. The lowest BCUT2D eigenvalue weighted by Crippen LogP contribution is -2.69. The second kappa shape index (κ2) is 5.68. The number of fused-ring (bicyclic) bond motifs is 2. The molecule has 3 fully saturated rings. The molecule has 2 amide bonds. The zero-order chi connectivity index (χ0) is 16.0. The average molecular weight is 310 g/mol. The van der Waals surface area contributed by atoms with Gasteiger partial charge < -0.3 is 20.1 Å². The van der Waals surface area contributed by atoms with E-state index in [4.69, 9.17) is 4.74 Å². The van der Waals surface area contributed by atoms with Gasteiger partial charge in [0.2, 0.25) is 0 Å². The number of nitrogens with zero attached hydrogens (tertiary/aromatic N) is 1.